The molecule has 1 N–H and O–H groups in total. The predicted molar refractivity (Wildman–Crippen MR) is 64.6 cm³/mol. The monoisotopic (exact) mass is 204 g/mol. The van der Waals surface area contributed by atoms with Gasteiger partial charge in [-0.05, 0) is 23.3 Å². The van der Waals surface area contributed by atoms with Gasteiger partial charge in [-0.1, -0.05) is 42.5 Å². The van der Waals surface area contributed by atoms with Crippen LogP contribution in [0.2, 0.25) is 0 Å². The van der Waals surface area contributed by atoms with Crippen molar-refractivity contribution in [2.24, 2.45) is 0 Å². The molecule has 0 aliphatic rings. The Bertz CT molecular complexity index is 381. The Kier molecular flexibility index (Phi) is 3.67. The van der Waals surface area contributed by atoms with Gasteiger partial charge in [0, 0.05) is 0 Å². The second kappa shape index (κ2) is 4.78. The fraction of sp³-hybridized carbons (Fsp3) is 0. The molecule has 0 heterocycles. The van der Waals surface area contributed by atoms with E-state index in [9.17, 15) is 0 Å². The molecule has 0 saturated carbocycles. The van der Waals surface area contributed by atoms with Crippen LogP contribution >= 0.6 is 9.90 Å². The van der Waals surface area contributed by atoms with Crippen molar-refractivity contribution in [1.29, 1.82) is 0 Å². The van der Waals surface area contributed by atoms with Crippen LogP contribution in [0, 0.1) is 0 Å². The van der Waals surface area contributed by atoms with Crippen molar-refractivity contribution < 1.29 is 5.11 Å². The van der Waals surface area contributed by atoms with Crippen molar-refractivity contribution in [2.45, 2.75) is 0 Å². The summed E-state index contributed by atoms with van der Waals surface area (Å²) in [6, 6.07) is 17.3. The molecule has 0 spiro atoms. The summed E-state index contributed by atoms with van der Waals surface area (Å²) in [6.07, 6.45) is 0. The van der Waals surface area contributed by atoms with Crippen molar-refractivity contribution in [2.75, 3.05) is 0 Å². The maximum atomic E-state index is 9.10. The van der Waals surface area contributed by atoms with Gasteiger partial charge in [-0.3, -0.25) is 0 Å². The van der Waals surface area contributed by atoms with E-state index in [1.54, 1.807) is 12.1 Å². The first-order valence-electron chi connectivity index (χ1n) is 4.21. The smallest absolute Gasteiger partial charge is 0.115 e. The molecule has 2 heteroatoms. The van der Waals surface area contributed by atoms with Crippen LogP contribution in [0.15, 0.2) is 54.6 Å². The Labute approximate surface area is 87.0 Å². The minimum atomic E-state index is 0. The molecule has 0 bridgehead atoms. The first-order valence-corrected chi connectivity index (χ1v) is 4.21. The zero-order chi connectivity index (χ0) is 9.10. The van der Waals surface area contributed by atoms with E-state index < -0.39 is 0 Å². The lowest BCUT2D eigenvalue weighted by Crippen LogP contribution is -1.74. The number of benzene rings is 2. The molecule has 1 atom stereocenters. The number of hydrogen-bond acceptors (Lipinski definition) is 1. The number of hydrogen-bond donors (Lipinski definition) is 1. The Hall–Kier alpha value is -1.33. The first-order chi connectivity index (χ1) is 6.36. The maximum Gasteiger partial charge on any atom is 0.115 e. The molecule has 0 aliphatic heterocycles. The lowest BCUT2D eigenvalue weighted by atomic mass is 10.1. The Morgan fingerprint density at radius 2 is 1.14 bits per heavy atom. The number of phenols is 1. The van der Waals surface area contributed by atoms with Crippen LogP contribution in [-0.4, -0.2) is 5.11 Å². The molecular weight excluding hydrogens is 191 g/mol. The van der Waals surface area contributed by atoms with Gasteiger partial charge in [0.1, 0.15) is 5.75 Å². The largest absolute Gasteiger partial charge is 0.508 e. The number of aromatic hydroxyl groups is 1. The summed E-state index contributed by atoms with van der Waals surface area (Å²) in [4.78, 5) is 0. The Balaban J connectivity index is 0.000000980. The highest BCUT2D eigenvalue weighted by atomic mass is 31.0. The summed E-state index contributed by atoms with van der Waals surface area (Å²) >= 11 is 0. The zero-order valence-electron chi connectivity index (χ0n) is 7.85. The quantitative estimate of drug-likeness (QED) is 0.707. The number of phenolic OH excluding ortho intramolecular Hbond substituents is 1. The summed E-state index contributed by atoms with van der Waals surface area (Å²) in [7, 11) is 0. The summed E-state index contributed by atoms with van der Waals surface area (Å²) in [5.41, 5.74) is 2.29. The molecular formula is C12H13OP. The second-order valence-electron chi connectivity index (χ2n) is 2.91. The van der Waals surface area contributed by atoms with E-state index in [-0.39, 0.29) is 9.90 Å². The van der Waals surface area contributed by atoms with E-state index in [1.165, 1.54) is 5.56 Å². The van der Waals surface area contributed by atoms with E-state index in [4.69, 9.17) is 5.11 Å². The van der Waals surface area contributed by atoms with E-state index >= 15 is 0 Å². The minimum absolute atomic E-state index is 0. The van der Waals surface area contributed by atoms with Crippen LogP contribution in [0.3, 0.4) is 0 Å². The van der Waals surface area contributed by atoms with Gasteiger partial charge in [0.2, 0.25) is 0 Å². The molecule has 0 radical (unpaired) electrons. The van der Waals surface area contributed by atoms with Crippen LogP contribution in [-0.2, 0) is 0 Å². The van der Waals surface area contributed by atoms with Crippen LogP contribution in [0.4, 0.5) is 0 Å². The predicted octanol–water partition coefficient (Wildman–Crippen LogP) is 3.12. The van der Waals surface area contributed by atoms with Crippen molar-refractivity contribution in [3.8, 4) is 16.9 Å². The zero-order valence-corrected chi connectivity index (χ0v) is 9.26. The number of rotatable bonds is 1. The van der Waals surface area contributed by atoms with Gasteiger partial charge >= 0.3 is 0 Å². The molecule has 0 saturated heterocycles. The summed E-state index contributed by atoms with van der Waals surface area (Å²) < 4.78 is 0. The summed E-state index contributed by atoms with van der Waals surface area (Å²) in [6.45, 7) is 0. The molecule has 14 heavy (non-hydrogen) atoms. The molecule has 1 nitrogen and oxygen atoms in total. The lowest BCUT2D eigenvalue weighted by molar-refractivity contribution is 0.475. The molecule has 2 rings (SSSR count). The van der Waals surface area contributed by atoms with Crippen LogP contribution < -0.4 is 0 Å². The standard InChI is InChI=1S/C12H10O.H3P/c13-12-8-6-11(7-9-12)10-4-2-1-3-5-10;/h1-9,13H;1H3. The van der Waals surface area contributed by atoms with Crippen LogP contribution in [0.1, 0.15) is 0 Å². The van der Waals surface area contributed by atoms with Gasteiger partial charge in [0.05, 0.1) is 0 Å². The average Bonchev–Trinajstić information content (AvgIpc) is 2.20. The molecule has 72 valence electrons. The summed E-state index contributed by atoms with van der Waals surface area (Å²) in [5, 5.41) is 9.10. The van der Waals surface area contributed by atoms with E-state index in [2.05, 4.69) is 0 Å². The molecule has 0 amide bonds. The Morgan fingerprint density at radius 3 is 1.71 bits per heavy atom. The third-order valence-electron chi connectivity index (χ3n) is 1.97. The maximum absolute atomic E-state index is 9.10. The van der Waals surface area contributed by atoms with Gasteiger partial charge < -0.3 is 5.11 Å². The minimum Gasteiger partial charge on any atom is -0.508 e. The second-order valence-corrected chi connectivity index (χ2v) is 2.91. The fourth-order valence-electron chi connectivity index (χ4n) is 1.28. The van der Waals surface area contributed by atoms with Gasteiger partial charge in [-0.2, -0.15) is 9.90 Å². The average molecular weight is 204 g/mol. The van der Waals surface area contributed by atoms with Gasteiger partial charge in [0.15, 0.2) is 0 Å². The van der Waals surface area contributed by atoms with Gasteiger partial charge in [-0.15, -0.1) is 0 Å². The normalized spacial score (nSPS) is 9.14. The van der Waals surface area contributed by atoms with E-state index in [0.29, 0.717) is 5.75 Å². The highest BCUT2D eigenvalue weighted by Gasteiger charge is 1.94. The van der Waals surface area contributed by atoms with Crippen molar-refractivity contribution >= 4 is 9.90 Å². The molecule has 0 fully saturated rings. The molecule has 1 unspecified atom stereocenters. The highest BCUT2D eigenvalue weighted by molar-refractivity contribution is 6.92. The molecule has 2 aromatic carbocycles. The first kappa shape index (κ1) is 10.7. The van der Waals surface area contributed by atoms with Crippen LogP contribution in [0.5, 0.6) is 5.75 Å². The summed E-state index contributed by atoms with van der Waals surface area (Å²) in [5.74, 6) is 0.305. The van der Waals surface area contributed by atoms with Crippen molar-refractivity contribution in [3.63, 3.8) is 0 Å². The van der Waals surface area contributed by atoms with Crippen LogP contribution in [0.25, 0.3) is 11.1 Å². The van der Waals surface area contributed by atoms with Crippen molar-refractivity contribution in [1.82, 2.24) is 0 Å². The Morgan fingerprint density at radius 1 is 0.643 bits per heavy atom. The van der Waals surface area contributed by atoms with E-state index in [1.807, 2.05) is 42.5 Å². The third-order valence-corrected chi connectivity index (χ3v) is 1.97. The molecule has 2 aromatic rings. The fourth-order valence-corrected chi connectivity index (χ4v) is 1.28. The van der Waals surface area contributed by atoms with Gasteiger partial charge in [-0.25, -0.2) is 0 Å². The van der Waals surface area contributed by atoms with Crippen molar-refractivity contribution in [3.05, 3.63) is 54.6 Å². The highest BCUT2D eigenvalue weighted by Crippen LogP contribution is 2.20. The topological polar surface area (TPSA) is 20.2 Å². The third kappa shape index (κ3) is 2.34. The van der Waals surface area contributed by atoms with Gasteiger partial charge in [0.25, 0.3) is 0 Å². The molecule has 0 aromatic heterocycles. The lowest BCUT2D eigenvalue weighted by Gasteiger charge is -2.00. The SMILES string of the molecule is Oc1ccc(-c2ccccc2)cc1.P. The molecule has 0 aliphatic carbocycles. The van der Waals surface area contributed by atoms with E-state index in [0.717, 1.165) is 5.56 Å².